The van der Waals surface area contributed by atoms with Gasteiger partial charge >= 0.3 is 5.97 Å². The number of H-pyrrole nitrogens is 1. The first-order valence-corrected chi connectivity index (χ1v) is 14.1. The summed E-state index contributed by atoms with van der Waals surface area (Å²) in [5.74, 6) is 0.343. The molecule has 0 aliphatic heterocycles. The highest BCUT2D eigenvalue weighted by atomic mass is 32.2. The van der Waals surface area contributed by atoms with Crippen LogP contribution in [0.1, 0.15) is 18.9 Å². The normalized spacial score (nSPS) is 11.3. The minimum atomic E-state index is -3.85. The minimum absolute atomic E-state index is 0.146. The molecule has 0 aliphatic rings. The molecule has 0 saturated heterocycles. The standard InChI is InChI=1S/C30H28N4O4S/c1-2-38-29(35)17-16-21-8-5-12-25(18-21)34-39(36,37)26-13-7-10-23(20-26)22-9-6-11-24(19-22)31-30-32-27-14-3-4-15-28(27)33-30/h3-15,18-20,34H,2,16-17H2,1H3,(H2,31,32,33). The number of para-hydroxylation sites is 2. The second-order valence-electron chi connectivity index (χ2n) is 8.95. The van der Waals surface area contributed by atoms with Gasteiger partial charge in [0.2, 0.25) is 5.95 Å². The summed E-state index contributed by atoms with van der Waals surface area (Å²) in [6, 6.07) is 29.3. The fourth-order valence-electron chi connectivity index (χ4n) is 4.25. The second kappa shape index (κ2) is 11.4. The van der Waals surface area contributed by atoms with Crippen molar-refractivity contribution in [2.24, 2.45) is 0 Å². The van der Waals surface area contributed by atoms with Crippen LogP contribution in [0.2, 0.25) is 0 Å². The van der Waals surface area contributed by atoms with Crippen LogP contribution < -0.4 is 10.0 Å². The van der Waals surface area contributed by atoms with E-state index in [-0.39, 0.29) is 17.3 Å². The predicted molar refractivity (Wildman–Crippen MR) is 153 cm³/mol. The van der Waals surface area contributed by atoms with Gasteiger partial charge in [-0.3, -0.25) is 9.52 Å². The van der Waals surface area contributed by atoms with Gasteiger partial charge in [-0.2, -0.15) is 0 Å². The lowest BCUT2D eigenvalue weighted by Crippen LogP contribution is -2.13. The molecule has 0 atom stereocenters. The first kappa shape index (κ1) is 26.0. The summed E-state index contributed by atoms with van der Waals surface area (Å²) < 4.78 is 34.1. The number of aromatic nitrogens is 2. The average Bonchev–Trinajstić information content (AvgIpc) is 3.35. The molecule has 5 rings (SSSR count). The van der Waals surface area contributed by atoms with Gasteiger partial charge in [0, 0.05) is 17.8 Å². The summed E-state index contributed by atoms with van der Waals surface area (Å²) in [6.45, 7) is 2.10. The summed E-state index contributed by atoms with van der Waals surface area (Å²) in [5, 5.41) is 3.28. The Bertz CT molecular complexity index is 1700. The molecule has 0 amide bonds. The van der Waals surface area contributed by atoms with Crippen LogP contribution in [0, 0.1) is 0 Å². The molecule has 3 N–H and O–H groups in total. The van der Waals surface area contributed by atoms with Gasteiger partial charge in [0.25, 0.3) is 10.0 Å². The van der Waals surface area contributed by atoms with E-state index in [0.717, 1.165) is 33.4 Å². The minimum Gasteiger partial charge on any atom is -0.466 e. The molecule has 0 aliphatic carbocycles. The van der Waals surface area contributed by atoms with Crippen molar-refractivity contribution in [3.63, 3.8) is 0 Å². The molecule has 0 saturated carbocycles. The van der Waals surface area contributed by atoms with E-state index in [0.29, 0.717) is 24.7 Å². The molecular weight excluding hydrogens is 512 g/mol. The monoisotopic (exact) mass is 540 g/mol. The number of aromatic amines is 1. The lowest BCUT2D eigenvalue weighted by Gasteiger charge is -2.12. The van der Waals surface area contributed by atoms with Crippen LogP contribution in [0.15, 0.2) is 102 Å². The fourth-order valence-corrected chi connectivity index (χ4v) is 5.35. The van der Waals surface area contributed by atoms with Gasteiger partial charge in [-0.25, -0.2) is 13.4 Å². The molecule has 9 heteroatoms. The molecule has 0 bridgehead atoms. The van der Waals surface area contributed by atoms with E-state index in [1.54, 1.807) is 43.3 Å². The molecule has 5 aromatic rings. The third kappa shape index (κ3) is 6.45. The van der Waals surface area contributed by atoms with Crippen molar-refractivity contribution in [2.45, 2.75) is 24.7 Å². The predicted octanol–water partition coefficient (Wildman–Crippen LogP) is 6.27. The molecule has 4 aromatic carbocycles. The van der Waals surface area contributed by atoms with E-state index < -0.39 is 10.0 Å². The Labute approximate surface area is 227 Å². The van der Waals surface area contributed by atoms with Crippen molar-refractivity contribution in [3.05, 3.63) is 103 Å². The smallest absolute Gasteiger partial charge is 0.306 e. The zero-order valence-electron chi connectivity index (χ0n) is 21.3. The first-order chi connectivity index (χ1) is 18.9. The van der Waals surface area contributed by atoms with Crippen molar-refractivity contribution < 1.29 is 17.9 Å². The van der Waals surface area contributed by atoms with Gasteiger partial charge in [0.1, 0.15) is 0 Å². The van der Waals surface area contributed by atoms with Gasteiger partial charge < -0.3 is 15.0 Å². The Hall–Kier alpha value is -4.63. The fraction of sp³-hybridized carbons (Fsp3) is 0.133. The number of ether oxygens (including phenoxy) is 1. The Morgan fingerprint density at radius 3 is 2.44 bits per heavy atom. The van der Waals surface area contributed by atoms with Crippen LogP contribution >= 0.6 is 0 Å². The zero-order valence-corrected chi connectivity index (χ0v) is 22.2. The quantitative estimate of drug-likeness (QED) is 0.180. The molecule has 1 aromatic heterocycles. The van der Waals surface area contributed by atoms with Crippen molar-refractivity contribution in [3.8, 4) is 11.1 Å². The van der Waals surface area contributed by atoms with Crippen LogP contribution in [-0.4, -0.2) is 31.0 Å². The molecule has 39 heavy (non-hydrogen) atoms. The Morgan fingerprint density at radius 2 is 1.62 bits per heavy atom. The Balaban J connectivity index is 1.32. The number of aryl methyl sites for hydroxylation is 1. The van der Waals surface area contributed by atoms with E-state index in [9.17, 15) is 13.2 Å². The van der Waals surface area contributed by atoms with E-state index in [1.807, 2.05) is 60.7 Å². The molecule has 8 nitrogen and oxygen atoms in total. The van der Waals surface area contributed by atoms with Crippen molar-refractivity contribution >= 4 is 44.3 Å². The molecule has 0 radical (unpaired) electrons. The van der Waals surface area contributed by atoms with Crippen LogP contribution in [-0.2, 0) is 26.0 Å². The highest BCUT2D eigenvalue weighted by Crippen LogP contribution is 2.27. The Morgan fingerprint density at radius 1 is 0.872 bits per heavy atom. The van der Waals surface area contributed by atoms with Crippen molar-refractivity contribution in [2.75, 3.05) is 16.6 Å². The SMILES string of the molecule is CCOC(=O)CCc1cccc(NS(=O)(=O)c2cccc(-c3cccc(Nc4nc5ccccc5[nH]4)c3)c2)c1. The summed E-state index contributed by atoms with van der Waals surface area (Å²) in [5.41, 5.74) is 5.50. The highest BCUT2D eigenvalue weighted by Gasteiger charge is 2.16. The lowest BCUT2D eigenvalue weighted by atomic mass is 10.1. The van der Waals surface area contributed by atoms with Gasteiger partial charge in [-0.15, -0.1) is 0 Å². The maximum Gasteiger partial charge on any atom is 0.306 e. The molecule has 198 valence electrons. The van der Waals surface area contributed by atoms with Gasteiger partial charge in [0.05, 0.1) is 22.5 Å². The van der Waals surface area contributed by atoms with E-state index >= 15 is 0 Å². The summed E-state index contributed by atoms with van der Waals surface area (Å²) >= 11 is 0. The lowest BCUT2D eigenvalue weighted by molar-refractivity contribution is -0.143. The number of fused-ring (bicyclic) bond motifs is 1. The van der Waals surface area contributed by atoms with Gasteiger partial charge in [-0.05, 0) is 78.6 Å². The number of rotatable bonds is 10. The molecule has 0 fully saturated rings. The van der Waals surface area contributed by atoms with E-state index in [1.165, 1.54) is 0 Å². The highest BCUT2D eigenvalue weighted by molar-refractivity contribution is 7.92. The molecule has 1 heterocycles. The number of nitrogens with zero attached hydrogens (tertiary/aromatic N) is 1. The molecule has 0 spiro atoms. The number of benzene rings is 4. The number of carbonyl (C=O) groups is 1. The largest absolute Gasteiger partial charge is 0.466 e. The number of hydrogen-bond donors (Lipinski definition) is 3. The van der Waals surface area contributed by atoms with Crippen LogP contribution in [0.4, 0.5) is 17.3 Å². The summed E-state index contributed by atoms with van der Waals surface area (Å²) in [7, 11) is -3.85. The second-order valence-corrected chi connectivity index (χ2v) is 10.6. The summed E-state index contributed by atoms with van der Waals surface area (Å²) in [6.07, 6.45) is 0.693. The number of carbonyl (C=O) groups excluding carboxylic acids is 1. The number of hydrogen-bond acceptors (Lipinski definition) is 6. The number of nitrogens with one attached hydrogen (secondary N) is 3. The average molecular weight is 541 g/mol. The first-order valence-electron chi connectivity index (χ1n) is 12.6. The van der Waals surface area contributed by atoms with Crippen LogP contribution in [0.5, 0.6) is 0 Å². The number of anilines is 3. The molecular formula is C30H28N4O4S. The number of sulfonamides is 1. The maximum absolute atomic E-state index is 13.2. The van der Waals surface area contributed by atoms with Crippen LogP contribution in [0.25, 0.3) is 22.2 Å². The van der Waals surface area contributed by atoms with E-state index in [4.69, 9.17) is 4.74 Å². The zero-order chi connectivity index (χ0) is 27.2. The maximum atomic E-state index is 13.2. The Kier molecular flexibility index (Phi) is 7.60. The summed E-state index contributed by atoms with van der Waals surface area (Å²) in [4.78, 5) is 19.6. The topological polar surface area (TPSA) is 113 Å². The van der Waals surface area contributed by atoms with Gasteiger partial charge in [-0.1, -0.05) is 48.5 Å². The van der Waals surface area contributed by atoms with Crippen molar-refractivity contribution in [1.29, 1.82) is 0 Å². The van der Waals surface area contributed by atoms with E-state index in [2.05, 4.69) is 20.0 Å². The third-order valence-electron chi connectivity index (χ3n) is 6.09. The number of esters is 1. The molecule has 0 unspecified atom stereocenters. The van der Waals surface area contributed by atoms with Crippen molar-refractivity contribution in [1.82, 2.24) is 9.97 Å². The van der Waals surface area contributed by atoms with Gasteiger partial charge in [0.15, 0.2) is 0 Å². The number of imidazole rings is 1. The third-order valence-corrected chi connectivity index (χ3v) is 7.47. The van der Waals surface area contributed by atoms with Crippen LogP contribution in [0.3, 0.4) is 0 Å².